The first-order valence-corrected chi connectivity index (χ1v) is 7.11. The van der Waals surface area contributed by atoms with E-state index < -0.39 is 0 Å². The standard InChI is InChI=1S/C14H20N4S/c1-11-6-5-7-12(8-11)19-17-13(15-4)18-10-14(2,3)9-16-18/h5-9H,10H2,1-4H3,(H,15,17). The van der Waals surface area contributed by atoms with Gasteiger partial charge in [-0.2, -0.15) is 5.10 Å². The molecule has 0 aliphatic carbocycles. The smallest absolute Gasteiger partial charge is 0.225 e. The lowest BCUT2D eigenvalue weighted by Crippen LogP contribution is -2.36. The molecule has 2 rings (SSSR count). The van der Waals surface area contributed by atoms with Gasteiger partial charge in [0.2, 0.25) is 5.96 Å². The van der Waals surface area contributed by atoms with Gasteiger partial charge in [0.25, 0.3) is 0 Å². The number of aliphatic imine (C=N–C) groups is 1. The van der Waals surface area contributed by atoms with E-state index in [0.29, 0.717) is 0 Å². The molecule has 102 valence electrons. The number of nitrogens with zero attached hydrogens (tertiary/aromatic N) is 3. The van der Waals surface area contributed by atoms with Gasteiger partial charge in [0.15, 0.2) is 0 Å². The molecular formula is C14H20N4S. The molecule has 1 aliphatic rings. The monoisotopic (exact) mass is 276 g/mol. The van der Waals surface area contributed by atoms with Crippen LogP contribution in [-0.2, 0) is 0 Å². The van der Waals surface area contributed by atoms with E-state index in [0.717, 1.165) is 12.5 Å². The van der Waals surface area contributed by atoms with E-state index in [4.69, 9.17) is 0 Å². The molecule has 1 aliphatic heterocycles. The van der Waals surface area contributed by atoms with E-state index in [1.54, 1.807) is 19.0 Å². The quantitative estimate of drug-likeness (QED) is 0.513. The molecular weight excluding hydrogens is 256 g/mol. The Morgan fingerprint density at radius 2 is 2.26 bits per heavy atom. The Kier molecular flexibility index (Phi) is 4.14. The van der Waals surface area contributed by atoms with Gasteiger partial charge >= 0.3 is 0 Å². The van der Waals surface area contributed by atoms with E-state index in [-0.39, 0.29) is 5.41 Å². The highest BCUT2D eigenvalue weighted by atomic mass is 32.2. The number of guanidine groups is 1. The van der Waals surface area contributed by atoms with Crippen molar-refractivity contribution in [2.75, 3.05) is 13.6 Å². The third kappa shape index (κ3) is 3.73. The minimum atomic E-state index is 0.103. The van der Waals surface area contributed by atoms with Crippen molar-refractivity contribution >= 4 is 24.1 Å². The topological polar surface area (TPSA) is 40.0 Å². The second kappa shape index (κ2) is 5.65. The SMILES string of the molecule is CN=C(NSc1cccc(C)c1)N1CC(C)(C)C=N1. The van der Waals surface area contributed by atoms with Crippen molar-refractivity contribution in [1.82, 2.24) is 9.73 Å². The van der Waals surface area contributed by atoms with Crippen molar-refractivity contribution in [1.29, 1.82) is 0 Å². The molecule has 0 saturated heterocycles. The van der Waals surface area contributed by atoms with E-state index in [2.05, 4.69) is 59.9 Å². The fourth-order valence-corrected chi connectivity index (χ4v) is 2.62. The van der Waals surface area contributed by atoms with Crippen molar-refractivity contribution in [2.45, 2.75) is 25.7 Å². The van der Waals surface area contributed by atoms with Gasteiger partial charge < -0.3 is 0 Å². The van der Waals surface area contributed by atoms with Crippen LogP contribution in [-0.4, -0.2) is 30.8 Å². The molecule has 0 radical (unpaired) electrons. The Balaban J connectivity index is 1.96. The second-order valence-electron chi connectivity index (χ2n) is 5.36. The summed E-state index contributed by atoms with van der Waals surface area (Å²) in [7, 11) is 1.78. The molecule has 0 bridgehead atoms. The number of hydrogen-bond donors (Lipinski definition) is 1. The van der Waals surface area contributed by atoms with Crippen LogP contribution in [0.1, 0.15) is 19.4 Å². The van der Waals surface area contributed by atoms with E-state index in [1.807, 2.05) is 11.2 Å². The number of benzene rings is 1. The van der Waals surface area contributed by atoms with Gasteiger partial charge in [-0.25, -0.2) is 5.01 Å². The Morgan fingerprint density at radius 1 is 1.47 bits per heavy atom. The van der Waals surface area contributed by atoms with Crippen LogP contribution in [0, 0.1) is 12.3 Å². The van der Waals surface area contributed by atoms with Gasteiger partial charge in [0.1, 0.15) is 0 Å². The molecule has 0 amide bonds. The first-order chi connectivity index (χ1) is 9.00. The van der Waals surface area contributed by atoms with Crippen LogP contribution in [0.2, 0.25) is 0 Å². The van der Waals surface area contributed by atoms with Crippen molar-refractivity contribution in [2.24, 2.45) is 15.5 Å². The lowest BCUT2D eigenvalue weighted by atomic mass is 9.97. The highest BCUT2D eigenvalue weighted by Gasteiger charge is 2.27. The van der Waals surface area contributed by atoms with Crippen molar-refractivity contribution in [3.05, 3.63) is 29.8 Å². The molecule has 0 spiro atoms. The molecule has 5 heteroatoms. The summed E-state index contributed by atoms with van der Waals surface area (Å²) in [5, 5.41) is 6.30. The van der Waals surface area contributed by atoms with E-state index >= 15 is 0 Å². The molecule has 1 aromatic carbocycles. The molecule has 0 fully saturated rings. The average molecular weight is 276 g/mol. The second-order valence-corrected chi connectivity index (χ2v) is 6.24. The third-order valence-corrected chi connectivity index (χ3v) is 3.58. The lowest BCUT2D eigenvalue weighted by Gasteiger charge is -2.20. The lowest BCUT2D eigenvalue weighted by molar-refractivity contribution is 0.380. The maximum absolute atomic E-state index is 4.39. The van der Waals surface area contributed by atoms with Gasteiger partial charge in [-0.05, 0) is 36.6 Å². The zero-order valence-corrected chi connectivity index (χ0v) is 12.7. The minimum absolute atomic E-state index is 0.103. The number of aryl methyl sites for hydroxylation is 1. The van der Waals surface area contributed by atoms with Crippen LogP contribution in [0.3, 0.4) is 0 Å². The summed E-state index contributed by atoms with van der Waals surface area (Å²) in [5.41, 5.74) is 1.35. The number of hydrazone groups is 1. The molecule has 19 heavy (non-hydrogen) atoms. The summed E-state index contributed by atoms with van der Waals surface area (Å²) in [6.45, 7) is 7.27. The molecule has 0 saturated carbocycles. The maximum atomic E-state index is 4.39. The Bertz CT molecular complexity index is 508. The summed E-state index contributed by atoms with van der Waals surface area (Å²) in [4.78, 5) is 5.44. The normalized spacial score (nSPS) is 17.9. The number of rotatable bonds is 2. The van der Waals surface area contributed by atoms with Gasteiger partial charge in [0.05, 0.1) is 6.54 Å². The first-order valence-electron chi connectivity index (χ1n) is 6.29. The highest BCUT2D eigenvalue weighted by molar-refractivity contribution is 7.98. The van der Waals surface area contributed by atoms with Gasteiger partial charge in [-0.15, -0.1) is 0 Å². The molecule has 0 atom stereocenters. The summed E-state index contributed by atoms with van der Waals surface area (Å²) in [6, 6.07) is 8.36. The van der Waals surface area contributed by atoms with Gasteiger partial charge in [0, 0.05) is 23.6 Å². The molecule has 1 aromatic rings. The fraction of sp³-hybridized carbons (Fsp3) is 0.429. The van der Waals surface area contributed by atoms with Crippen molar-refractivity contribution in [3.63, 3.8) is 0 Å². The maximum Gasteiger partial charge on any atom is 0.225 e. The van der Waals surface area contributed by atoms with Crippen LogP contribution in [0.4, 0.5) is 0 Å². The molecule has 0 unspecified atom stereocenters. The Labute approximate surface area is 119 Å². The zero-order chi connectivity index (χ0) is 13.9. The molecule has 0 aromatic heterocycles. The van der Waals surface area contributed by atoms with E-state index in [1.165, 1.54) is 10.5 Å². The number of hydrogen-bond acceptors (Lipinski definition) is 3. The first kappa shape index (κ1) is 13.9. The van der Waals surface area contributed by atoms with Gasteiger partial charge in [-0.1, -0.05) is 26.0 Å². The molecule has 4 nitrogen and oxygen atoms in total. The summed E-state index contributed by atoms with van der Waals surface area (Å²) in [5.74, 6) is 0.785. The van der Waals surface area contributed by atoms with Crippen LogP contribution in [0.5, 0.6) is 0 Å². The predicted octanol–water partition coefficient (Wildman–Crippen LogP) is 2.91. The van der Waals surface area contributed by atoms with Crippen LogP contribution in [0.25, 0.3) is 0 Å². The van der Waals surface area contributed by atoms with Crippen molar-refractivity contribution < 1.29 is 0 Å². The van der Waals surface area contributed by atoms with Crippen LogP contribution < -0.4 is 4.72 Å². The fourth-order valence-electron chi connectivity index (χ4n) is 1.82. The minimum Gasteiger partial charge on any atom is -0.295 e. The summed E-state index contributed by atoms with van der Waals surface area (Å²) >= 11 is 1.56. The van der Waals surface area contributed by atoms with Gasteiger partial charge in [-0.3, -0.25) is 9.71 Å². The van der Waals surface area contributed by atoms with Crippen molar-refractivity contribution in [3.8, 4) is 0 Å². The highest BCUT2D eigenvalue weighted by Crippen LogP contribution is 2.22. The molecule has 1 heterocycles. The largest absolute Gasteiger partial charge is 0.295 e. The average Bonchev–Trinajstić information content (AvgIpc) is 2.71. The van der Waals surface area contributed by atoms with Crippen LogP contribution >= 0.6 is 11.9 Å². The third-order valence-electron chi connectivity index (χ3n) is 2.81. The summed E-state index contributed by atoms with van der Waals surface area (Å²) < 4.78 is 3.27. The molecule has 1 N–H and O–H groups in total. The Hall–Kier alpha value is -1.49. The Morgan fingerprint density at radius 3 is 2.84 bits per heavy atom. The number of nitrogens with one attached hydrogen (secondary N) is 1. The van der Waals surface area contributed by atoms with E-state index in [9.17, 15) is 0 Å². The summed E-state index contributed by atoms with van der Waals surface area (Å²) in [6.07, 6.45) is 1.97. The van der Waals surface area contributed by atoms with Crippen LogP contribution in [0.15, 0.2) is 39.3 Å². The zero-order valence-electron chi connectivity index (χ0n) is 11.8. The predicted molar refractivity (Wildman–Crippen MR) is 82.5 cm³/mol.